The van der Waals surface area contributed by atoms with E-state index < -0.39 is 11.2 Å². The Morgan fingerprint density at radius 1 is 1.03 bits per heavy atom. The number of aryl methyl sites for hydroxylation is 1. The smallest absolute Gasteiger partial charge is 0.330 e. The highest BCUT2D eigenvalue weighted by Gasteiger charge is 2.25. The summed E-state index contributed by atoms with van der Waals surface area (Å²) in [6, 6.07) is 16.7. The van der Waals surface area contributed by atoms with Crippen molar-refractivity contribution in [2.24, 2.45) is 5.92 Å². The molecule has 0 aliphatic rings. The molecule has 0 fully saturated rings. The van der Waals surface area contributed by atoms with E-state index in [1.165, 1.54) is 9.47 Å². The van der Waals surface area contributed by atoms with Crippen LogP contribution in [0.2, 0.25) is 0 Å². The summed E-state index contributed by atoms with van der Waals surface area (Å²) in [5, 5.41) is 0. The van der Waals surface area contributed by atoms with E-state index in [9.17, 15) is 14.4 Å². The van der Waals surface area contributed by atoms with Crippen molar-refractivity contribution in [1.29, 1.82) is 0 Å². The molecule has 7 nitrogen and oxygen atoms in total. The van der Waals surface area contributed by atoms with E-state index >= 15 is 0 Å². The van der Waals surface area contributed by atoms with Crippen LogP contribution in [0.5, 0.6) is 0 Å². The van der Waals surface area contributed by atoms with Crippen LogP contribution in [0.25, 0.3) is 0 Å². The second kappa shape index (κ2) is 10.1. The number of aromatic nitrogens is 2. The summed E-state index contributed by atoms with van der Waals surface area (Å²) < 4.78 is 1.29. The highest BCUT2D eigenvalue weighted by atomic mass is 16.2. The van der Waals surface area contributed by atoms with E-state index in [1.54, 1.807) is 12.1 Å². The van der Waals surface area contributed by atoms with E-state index in [4.69, 9.17) is 5.73 Å². The highest BCUT2D eigenvalue weighted by molar-refractivity contribution is 6.07. The van der Waals surface area contributed by atoms with E-state index in [0.29, 0.717) is 24.4 Å². The molecule has 1 amide bonds. The zero-order valence-electron chi connectivity index (χ0n) is 18.8. The number of anilines is 2. The predicted octanol–water partition coefficient (Wildman–Crippen LogP) is 3.42. The number of hydrogen-bond donors (Lipinski definition) is 2. The number of nitrogen functional groups attached to an aromatic ring is 1. The fourth-order valence-electron chi connectivity index (χ4n) is 3.50. The molecule has 0 spiro atoms. The molecule has 1 heterocycles. The Hall–Kier alpha value is -3.61. The summed E-state index contributed by atoms with van der Waals surface area (Å²) in [6.45, 7) is 6.63. The molecule has 3 rings (SSSR count). The fraction of sp³-hybridized carbons (Fsp3) is 0.320. The van der Waals surface area contributed by atoms with Gasteiger partial charge in [0.2, 0.25) is 0 Å². The Morgan fingerprint density at radius 3 is 2.28 bits per heavy atom. The number of carbonyl (C=O) groups excluding carboxylic acids is 1. The molecule has 2 aromatic carbocycles. The van der Waals surface area contributed by atoms with E-state index in [2.05, 4.69) is 4.98 Å². The molecule has 0 radical (unpaired) electrons. The van der Waals surface area contributed by atoms with Gasteiger partial charge in [0.25, 0.3) is 11.5 Å². The highest BCUT2D eigenvalue weighted by Crippen LogP contribution is 2.22. The average Bonchev–Trinajstić information content (AvgIpc) is 2.79. The van der Waals surface area contributed by atoms with Crippen molar-refractivity contribution in [1.82, 2.24) is 9.55 Å². The molecule has 0 unspecified atom stereocenters. The van der Waals surface area contributed by atoms with Crippen molar-refractivity contribution in [3.05, 3.63) is 92.1 Å². The Bertz CT molecular complexity index is 1180. The van der Waals surface area contributed by atoms with Gasteiger partial charge in [-0.15, -0.1) is 0 Å². The molecular formula is C25H30N4O3. The van der Waals surface area contributed by atoms with Crippen LogP contribution >= 0.6 is 0 Å². The third-order valence-corrected chi connectivity index (χ3v) is 5.45. The van der Waals surface area contributed by atoms with Crippen LogP contribution in [-0.2, 0) is 13.0 Å². The Labute approximate surface area is 187 Å². The van der Waals surface area contributed by atoms with E-state index in [0.717, 1.165) is 17.5 Å². The van der Waals surface area contributed by atoms with Gasteiger partial charge in [-0.2, -0.15) is 0 Å². The maximum atomic E-state index is 13.4. The summed E-state index contributed by atoms with van der Waals surface area (Å²) in [4.78, 5) is 42.6. The molecule has 0 aliphatic heterocycles. The maximum absolute atomic E-state index is 13.4. The van der Waals surface area contributed by atoms with Crippen LogP contribution in [0.4, 0.5) is 11.5 Å². The minimum absolute atomic E-state index is 0.00532. The second-order valence-electron chi connectivity index (χ2n) is 8.25. The number of hydrogen-bond acceptors (Lipinski definition) is 4. The van der Waals surface area contributed by atoms with Crippen LogP contribution < -0.4 is 21.9 Å². The number of benzene rings is 2. The van der Waals surface area contributed by atoms with Crippen molar-refractivity contribution in [3.63, 3.8) is 0 Å². The molecule has 3 N–H and O–H groups in total. The first-order chi connectivity index (χ1) is 15.3. The first-order valence-corrected chi connectivity index (χ1v) is 10.9. The number of nitrogens with two attached hydrogens (primary N) is 1. The monoisotopic (exact) mass is 434 g/mol. The molecule has 0 atom stereocenters. The van der Waals surface area contributed by atoms with Crippen LogP contribution in [0.1, 0.15) is 48.7 Å². The lowest BCUT2D eigenvalue weighted by Crippen LogP contribution is -2.42. The molecular weight excluding hydrogens is 404 g/mol. The number of amides is 1. The van der Waals surface area contributed by atoms with Crippen molar-refractivity contribution in [2.45, 2.75) is 40.2 Å². The van der Waals surface area contributed by atoms with Gasteiger partial charge >= 0.3 is 5.69 Å². The van der Waals surface area contributed by atoms with Crippen molar-refractivity contribution in [2.75, 3.05) is 17.2 Å². The number of nitrogens with zero attached hydrogens (tertiary/aromatic N) is 2. The van der Waals surface area contributed by atoms with Crippen molar-refractivity contribution in [3.8, 4) is 0 Å². The predicted molar refractivity (Wildman–Crippen MR) is 128 cm³/mol. The normalized spacial score (nSPS) is 11.0. The van der Waals surface area contributed by atoms with Gasteiger partial charge in [0.05, 0.1) is 6.54 Å². The fourth-order valence-corrected chi connectivity index (χ4v) is 3.50. The Kier molecular flexibility index (Phi) is 7.30. The largest absolute Gasteiger partial charge is 0.383 e. The summed E-state index contributed by atoms with van der Waals surface area (Å²) in [5.74, 6) is -0.0383. The molecule has 7 heteroatoms. The first-order valence-electron chi connectivity index (χ1n) is 10.9. The summed E-state index contributed by atoms with van der Waals surface area (Å²) in [5.41, 5.74) is 7.52. The second-order valence-corrected chi connectivity index (χ2v) is 8.25. The lowest BCUT2D eigenvalue weighted by molar-refractivity contribution is 0.0985. The lowest BCUT2D eigenvalue weighted by atomic mass is 10.1. The molecule has 3 aromatic rings. The third kappa shape index (κ3) is 5.17. The van der Waals surface area contributed by atoms with Gasteiger partial charge in [-0.05, 0) is 42.0 Å². The third-order valence-electron chi connectivity index (χ3n) is 5.45. The van der Waals surface area contributed by atoms with Gasteiger partial charge in [0.15, 0.2) is 5.69 Å². The lowest BCUT2D eigenvalue weighted by Gasteiger charge is -2.25. The zero-order chi connectivity index (χ0) is 23.3. The molecule has 0 bridgehead atoms. The minimum atomic E-state index is -0.668. The number of nitrogens with one attached hydrogen (secondary N) is 1. The van der Waals surface area contributed by atoms with E-state index in [1.807, 2.05) is 63.2 Å². The molecule has 1 aromatic heterocycles. The van der Waals surface area contributed by atoms with Gasteiger partial charge in [-0.25, -0.2) is 4.79 Å². The van der Waals surface area contributed by atoms with Crippen LogP contribution in [0, 0.1) is 5.92 Å². The number of H-pyrrole nitrogens is 1. The quantitative estimate of drug-likeness (QED) is 0.567. The Balaban J connectivity index is 2.08. The minimum Gasteiger partial charge on any atom is -0.383 e. The van der Waals surface area contributed by atoms with Crippen LogP contribution in [0.3, 0.4) is 0 Å². The standard InChI is InChI=1S/C25H30N4O3/c1-4-18-10-12-20(13-11-18)24(31)28(15-14-17(2)3)21-22(26)29(25(32)27-23(21)30)16-19-8-6-5-7-9-19/h5-13,17H,4,14-16,26H2,1-3H3,(H,27,30,32). The first kappa shape index (κ1) is 23.1. The van der Waals surface area contributed by atoms with Crippen molar-refractivity contribution < 1.29 is 4.79 Å². The summed E-state index contributed by atoms with van der Waals surface area (Å²) >= 11 is 0. The van der Waals surface area contributed by atoms with E-state index in [-0.39, 0.29) is 24.0 Å². The number of carbonyl (C=O) groups is 1. The zero-order valence-corrected chi connectivity index (χ0v) is 18.8. The Morgan fingerprint density at radius 2 is 1.69 bits per heavy atom. The molecule has 0 saturated carbocycles. The van der Waals surface area contributed by atoms with Gasteiger partial charge in [0, 0.05) is 12.1 Å². The van der Waals surface area contributed by atoms with Crippen LogP contribution in [-0.4, -0.2) is 22.0 Å². The number of aromatic amines is 1. The topological polar surface area (TPSA) is 101 Å². The summed E-state index contributed by atoms with van der Waals surface area (Å²) in [6.07, 6.45) is 1.54. The van der Waals surface area contributed by atoms with Gasteiger partial charge in [-0.1, -0.05) is 63.2 Å². The van der Waals surface area contributed by atoms with Crippen LogP contribution in [0.15, 0.2) is 64.2 Å². The molecule has 0 aliphatic carbocycles. The molecule has 0 saturated heterocycles. The SMILES string of the molecule is CCc1ccc(C(=O)N(CCC(C)C)c2c(N)n(Cc3ccccc3)c(=O)[nH]c2=O)cc1. The summed E-state index contributed by atoms with van der Waals surface area (Å²) in [7, 11) is 0. The van der Waals surface area contributed by atoms with Gasteiger partial charge < -0.3 is 10.6 Å². The maximum Gasteiger partial charge on any atom is 0.330 e. The van der Waals surface area contributed by atoms with Gasteiger partial charge in [0.1, 0.15) is 5.82 Å². The van der Waals surface area contributed by atoms with Gasteiger partial charge in [-0.3, -0.25) is 19.1 Å². The van der Waals surface area contributed by atoms with Crippen molar-refractivity contribution >= 4 is 17.4 Å². The molecule has 32 heavy (non-hydrogen) atoms. The average molecular weight is 435 g/mol. The molecule has 168 valence electrons. The number of rotatable bonds is 8.